The van der Waals surface area contributed by atoms with Crippen molar-refractivity contribution >= 4 is 6.08 Å². The molecule has 0 heterocycles. The summed E-state index contributed by atoms with van der Waals surface area (Å²) in [7, 11) is 0. The summed E-state index contributed by atoms with van der Waals surface area (Å²) in [5, 5.41) is 0. The van der Waals surface area contributed by atoms with Gasteiger partial charge in [0, 0.05) is 0 Å². The van der Waals surface area contributed by atoms with Crippen LogP contribution >= 0.6 is 0 Å². The predicted molar refractivity (Wildman–Crippen MR) is 66.7 cm³/mol. The van der Waals surface area contributed by atoms with Crippen molar-refractivity contribution < 1.29 is 4.79 Å². The molecule has 0 amide bonds. The van der Waals surface area contributed by atoms with Crippen LogP contribution in [0.4, 0.5) is 0 Å². The maximum atomic E-state index is 10.5. The molecule has 1 aromatic rings. The normalized spacial score (nSPS) is 22.1. The molecule has 0 saturated heterocycles. The summed E-state index contributed by atoms with van der Waals surface area (Å²) < 4.78 is 0. The molecule has 2 nitrogen and oxygen atoms in total. The molecule has 0 atom stereocenters. The van der Waals surface area contributed by atoms with Gasteiger partial charge >= 0.3 is 0 Å². The summed E-state index contributed by atoms with van der Waals surface area (Å²) in [6.07, 6.45) is 9.06. The Morgan fingerprint density at radius 2 is 2.00 bits per heavy atom. The topological polar surface area (TPSA) is 29.4 Å². The number of carbonyl (C=O) groups excluding carboxylic acids is 1. The molecule has 88 valence electrons. The van der Waals surface area contributed by atoms with Gasteiger partial charge in [0.2, 0.25) is 6.08 Å². The minimum atomic E-state index is -0.212. The zero-order valence-electron chi connectivity index (χ0n) is 9.98. The van der Waals surface area contributed by atoms with Gasteiger partial charge < -0.3 is 0 Å². The summed E-state index contributed by atoms with van der Waals surface area (Å²) in [6.45, 7) is 0. The van der Waals surface area contributed by atoms with Gasteiger partial charge in [-0.1, -0.05) is 37.1 Å². The van der Waals surface area contributed by atoms with E-state index in [0.717, 1.165) is 18.8 Å². The number of hydrogen-bond donors (Lipinski definition) is 0. The molecule has 2 aliphatic rings. The van der Waals surface area contributed by atoms with Crippen LogP contribution in [0.2, 0.25) is 0 Å². The minimum Gasteiger partial charge on any atom is -0.211 e. The van der Waals surface area contributed by atoms with Crippen molar-refractivity contribution in [3.8, 4) is 0 Å². The van der Waals surface area contributed by atoms with E-state index in [1.54, 1.807) is 6.08 Å². The van der Waals surface area contributed by atoms with Gasteiger partial charge in [-0.3, -0.25) is 0 Å². The van der Waals surface area contributed by atoms with Crippen LogP contribution in [0.1, 0.15) is 55.6 Å². The maximum absolute atomic E-state index is 10.5. The highest BCUT2D eigenvalue weighted by Gasteiger charge is 2.44. The summed E-state index contributed by atoms with van der Waals surface area (Å²) in [5.41, 5.74) is 2.44. The van der Waals surface area contributed by atoms with Crippen molar-refractivity contribution in [1.82, 2.24) is 0 Å². The van der Waals surface area contributed by atoms with Gasteiger partial charge in [0.25, 0.3) is 0 Å². The molecule has 2 aliphatic carbocycles. The number of rotatable bonds is 3. The molecule has 0 radical (unpaired) electrons. The van der Waals surface area contributed by atoms with E-state index < -0.39 is 0 Å². The zero-order valence-corrected chi connectivity index (χ0v) is 9.98. The number of nitrogens with zero attached hydrogens (tertiary/aromatic N) is 1. The van der Waals surface area contributed by atoms with Crippen LogP contribution in [0.15, 0.2) is 29.3 Å². The SMILES string of the molecule is O=C=NC1(c2cccc(C3CCCC3)c2)CC1. The van der Waals surface area contributed by atoms with Crippen LogP contribution in [0.25, 0.3) is 0 Å². The smallest absolute Gasteiger partial charge is 0.211 e. The highest BCUT2D eigenvalue weighted by molar-refractivity contribution is 5.42. The maximum Gasteiger partial charge on any atom is 0.235 e. The molecular formula is C15H17NO. The number of hydrogen-bond acceptors (Lipinski definition) is 2. The summed E-state index contributed by atoms with van der Waals surface area (Å²) in [4.78, 5) is 14.5. The molecule has 0 bridgehead atoms. The van der Waals surface area contributed by atoms with E-state index in [1.807, 2.05) is 0 Å². The lowest BCUT2D eigenvalue weighted by atomic mass is 9.93. The van der Waals surface area contributed by atoms with Gasteiger partial charge in [-0.15, -0.1) is 0 Å². The van der Waals surface area contributed by atoms with E-state index >= 15 is 0 Å². The quantitative estimate of drug-likeness (QED) is 0.572. The fourth-order valence-electron chi connectivity index (χ4n) is 3.01. The Balaban J connectivity index is 1.91. The first-order valence-electron chi connectivity index (χ1n) is 6.53. The molecule has 0 unspecified atom stereocenters. The fraction of sp³-hybridized carbons (Fsp3) is 0.533. The second-order valence-corrected chi connectivity index (χ2v) is 5.34. The van der Waals surface area contributed by atoms with E-state index in [2.05, 4.69) is 29.3 Å². The van der Waals surface area contributed by atoms with Crippen LogP contribution in [-0.4, -0.2) is 6.08 Å². The van der Waals surface area contributed by atoms with E-state index in [1.165, 1.54) is 36.8 Å². The Morgan fingerprint density at radius 3 is 2.65 bits per heavy atom. The second-order valence-electron chi connectivity index (χ2n) is 5.34. The summed E-state index contributed by atoms with van der Waals surface area (Å²) >= 11 is 0. The van der Waals surface area contributed by atoms with E-state index in [9.17, 15) is 4.79 Å². The molecule has 3 rings (SSSR count). The number of isocyanates is 1. The van der Waals surface area contributed by atoms with Gasteiger partial charge in [0.15, 0.2) is 0 Å². The highest BCUT2D eigenvalue weighted by Crippen LogP contribution is 2.50. The average Bonchev–Trinajstić information content (AvgIpc) is 2.94. The van der Waals surface area contributed by atoms with E-state index in [0.29, 0.717) is 0 Å². The van der Waals surface area contributed by atoms with Gasteiger partial charge in [0.1, 0.15) is 0 Å². The Bertz CT molecular complexity index is 464. The fourth-order valence-corrected chi connectivity index (χ4v) is 3.01. The molecule has 2 fully saturated rings. The lowest BCUT2D eigenvalue weighted by Gasteiger charge is -2.14. The van der Waals surface area contributed by atoms with E-state index in [-0.39, 0.29) is 5.54 Å². The third-order valence-corrected chi connectivity index (χ3v) is 4.23. The standard InChI is InChI=1S/C15H17NO/c17-11-16-15(8-9-15)14-7-3-6-13(10-14)12-4-1-2-5-12/h3,6-7,10,12H,1-2,4-5,8-9H2. The van der Waals surface area contributed by atoms with Gasteiger partial charge in [-0.05, 0) is 42.7 Å². The first-order chi connectivity index (χ1) is 8.34. The van der Waals surface area contributed by atoms with Crippen LogP contribution in [0.5, 0.6) is 0 Å². The highest BCUT2D eigenvalue weighted by atomic mass is 16.1. The summed E-state index contributed by atoms with van der Waals surface area (Å²) in [5.74, 6) is 0.728. The molecule has 1 aromatic carbocycles. The molecule has 0 N–H and O–H groups in total. The first kappa shape index (κ1) is 10.7. The van der Waals surface area contributed by atoms with Crippen molar-refractivity contribution in [2.24, 2.45) is 4.99 Å². The van der Waals surface area contributed by atoms with Gasteiger partial charge in [0.05, 0.1) is 5.54 Å². The van der Waals surface area contributed by atoms with Gasteiger partial charge in [-0.2, -0.15) is 4.99 Å². The lowest BCUT2D eigenvalue weighted by molar-refractivity contribution is 0.556. The molecule has 0 aliphatic heterocycles. The monoisotopic (exact) mass is 227 g/mol. The minimum absolute atomic E-state index is 0.212. The zero-order chi connectivity index (χ0) is 11.7. The molecule has 0 spiro atoms. The summed E-state index contributed by atoms with van der Waals surface area (Å²) in [6, 6.07) is 8.71. The van der Waals surface area contributed by atoms with Crippen molar-refractivity contribution in [3.63, 3.8) is 0 Å². The molecule has 2 heteroatoms. The lowest BCUT2D eigenvalue weighted by Crippen LogP contribution is -2.03. The van der Waals surface area contributed by atoms with Crippen molar-refractivity contribution in [1.29, 1.82) is 0 Å². The number of aliphatic imine (C=N–C) groups is 1. The molecule has 2 saturated carbocycles. The number of benzene rings is 1. The van der Waals surface area contributed by atoms with E-state index in [4.69, 9.17) is 0 Å². The Morgan fingerprint density at radius 1 is 1.24 bits per heavy atom. The Kier molecular flexibility index (Phi) is 2.60. The van der Waals surface area contributed by atoms with Gasteiger partial charge in [-0.25, -0.2) is 4.79 Å². The predicted octanol–water partition coefficient (Wildman–Crippen LogP) is 3.67. The first-order valence-corrected chi connectivity index (χ1v) is 6.53. The second kappa shape index (κ2) is 4.12. The third kappa shape index (κ3) is 1.94. The average molecular weight is 227 g/mol. The van der Waals surface area contributed by atoms with Crippen LogP contribution in [-0.2, 0) is 10.3 Å². The van der Waals surface area contributed by atoms with Crippen LogP contribution in [0, 0.1) is 0 Å². The van der Waals surface area contributed by atoms with Crippen molar-refractivity contribution in [2.75, 3.05) is 0 Å². The third-order valence-electron chi connectivity index (χ3n) is 4.23. The van der Waals surface area contributed by atoms with Crippen LogP contribution in [0.3, 0.4) is 0 Å². The Hall–Kier alpha value is -1.40. The van der Waals surface area contributed by atoms with Crippen molar-refractivity contribution in [2.45, 2.75) is 50.0 Å². The largest absolute Gasteiger partial charge is 0.235 e. The van der Waals surface area contributed by atoms with Crippen LogP contribution < -0.4 is 0 Å². The molecule has 17 heavy (non-hydrogen) atoms. The molecular weight excluding hydrogens is 210 g/mol. The molecule has 0 aromatic heterocycles. The van der Waals surface area contributed by atoms with Crippen molar-refractivity contribution in [3.05, 3.63) is 35.4 Å². The Labute approximate surface area is 102 Å².